The Morgan fingerprint density at radius 1 is 0.818 bits per heavy atom. The van der Waals surface area contributed by atoms with Gasteiger partial charge in [-0.3, -0.25) is 4.79 Å². The summed E-state index contributed by atoms with van der Waals surface area (Å²) in [7, 11) is 0. The molecule has 55 heavy (non-hydrogen) atoms. The molecule has 0 radical (unpaired) electrons. The van der Waals surface area contributed by atoms with E-state index in [-0.39, 0.29) is 53.6 Å². The number of fused-ring (bicyclic) bond motifs is 7. The molecule has 14 nitrogen and oxygen atoms in total. The Labute approximate surface area is 323 Å². The highest BCUT2D eigenvalue weighted by molar-refractivity contribution is 5.79. The van der Waals surface area contributed by atoms with Crippen LogP contribution in [0.25, 0.3) is 0 Å². The smallest absolute Gasteiger partial charge is 0.315 e. The number of hydrogen-bond donors (Lipinski definition) is 9. The number of carbonyl (C=O) groups excluding carboxylic acids is 1. The fourth-order valence-electron chi connectivity index (χ4n) is 13.6. The molecule has 4 saturated carbocycles. The largest absolute Gasteiger partial charge is 0.432 e. The van der Waals surface area contributed by atoms with E-state index >= 15 is 0 Å². The molecule has 7 aliphatic rings. The predicted octanol–water partition coefficient (Wildman–Crippen LogP) is 0.897. The number of aliphatic hydroxyl groups is 9. The summed E-state index contributed by atoms with van der Waals surface area (Å²) >= 11 is 0. The van der Waals surface area contributed by atoms with Gasteiger partial charge in [0.1, 0.15) is 42.7 Å². The monoisotopic (exact) mass is 782 g/mol. The maximum Gasteiger partial charge on any atom is 0.315 e. The Kier molecular flexibility index (Phi) is 10.6. The lowest BCUT2D eigenvalue weighted by molar-refractivity contribution is -0.309. The average molecular weight is 783 g/mol. The van der Waals surface area contributed by atoms with Crippen molar-refractivity contribution in [2.24, 2.45) is 50.7 Å². The minimum absolute atomic E-state index is 0.0174. The third-order valence-electron chi connectivity index (χ3n) is 17.3. The van der Waals surface area contributed by atoms with Gasteiger partial charge in [-0.1, -0.05) is 53.2 Å². The predicted molar refractivity (Wildman–Crippen MR) is 194 cm³/mol. The molecule has 0 amide bonds. The average Bonchev–Trinajstić information content (AvgIpc) is 3.12. The zero-order chi connectivity index (χ0) is 40.4. The number of rotatable bonds is 5. The SMILES string of the molecule is C[C@@H]1[C@H](O)C[C@]2(C(=O)O[C@@H]3O[C@H](CO)[C@@H](O)[C@H](O)[C@H]3O)CC[C@]3(C)C(=CCC4[C@@]5(C)CC[C@H](O[C@@H]6OC[C@H](O)[C@H](O)[C@H]6O)C(C)(C)C5CC[C@]43C)C2[C@]1(C)O. The first-order valence-electron chi connectivity index (χ1n) is 20.5. The Morgan fingerprint density at radius 2 is 1.49 bits per heavy atom. The van der Waals surface area contributed by atoms with Gasteiger partial charge in [-0.05, 0) is 91.8 Å². The first kappa shape index (κ1) is 41.9. The zero-order valence-electron chi connectivity index (χ0n) is 33.4. The topological polar surface area (TPSA) is 236 Å². The molecule has 7 rings (SSSR count). The molecule has 6 fully saturated rings. The van der Waals surface area contributed by atoms with E-state index in [4.69, 9.17) is 18.9 Å². The highest BCUT2D eigenvalue weighted by atomic mass is 16.7. The van der Waals surface area contributed by atoms with Crippen molar-refractivity contribution in [3.05, 3.63) is 11.6 Å². The van der Waals surface area contributed by atoms with Gasteiger partial charge in [0.25, 0.3) is 0 Å². The van der Waals surface area contributed by atoms with Crippen LogP contribution in [-0.4, -0.2) is 138 Å². The molecule has 0 spiro atoms. The van der Waals surface area contributed by atoms with Gasteiger partial charge in [-0.2, -0.15) is 0 Å². The van der Waals surface area contributed by atoms with Crippen molar-refractivity contribution in [2.45, 2.75) is 173 Å². The molecular formula is C41H66O14. The van der Waals surface area contributed by atoms with Gasteiger partial charge in [0, 0.05) is 11.8 Å². The highest BCUT2D eigenvalue weighted by Gasteiger charge is 2.73. The van der Waals surface area contributed by atoms with E-state index in [9.17, 15) is 50.8 Å². The fraction of sp³-hybridized carbons (Fsp3) is 0.927. The number of esters is 1. The van der Waals surface area contributed by atoms with Crippen LogP contribution in [0.1, 0.15) is 99.8 Å². The molecule has 0 bridgehead atoms. The van der Waals surface area contributed by atoms with Gasteiger partial charge in [0.05, 0.1) is 36.4 Å². The van der Waals surface area contributed by atoms with Crippen molar-refractivity contribution in [1.29, 1.82) is 0 Å². The van der Waals surface area contributed by atoms with Crippen LogP contribution in [0.15, 0.2) is 11.6 Å². The molecule has 0 aromatic rings. The zero-order valence-corrected chi connectivity index (χ0v) is 33.4. The molecule has 314 valence electrons. The van der Waals surface area contributed by atoms with Crippen LogP contribution in [0.5, 0.6) is 0 Å². The molecule has 5 aliphatic carbocycles. The first-order chi connectivity index (χ1) is 25.5. The van der Waals surface area contributed by atoms with Crippen LogP contribution in [0, 0.1) is 50.7 Å². The minimum Gasteiger partial charge on any atom is -0.432 e. The van der Waals surface area contributed by atoms with Gasteiger partial charge in [-0.25, -0.2) is 0 Å². The van der Waals surface area contributed by atoms with Gasteiger partial charge >= 0.3 is 5.97 Å². The van der Waals surface area contributed by atoms with Crippen LogP contribution in [0.3, 0.4) is 0 Å². The fourth-order valence-corrected chi connectivity index (χ4v) is 13.6. The van der Waals surface area contributed by atoms with E-state index in [1.165, 1.54) is 0 Å². The van der Waals surface area contributed by atoms with E-state index in [1.807, 2.05) is 0 Å². The summed E-state index contributed by atoms with van der Waals surface area (Å²) in [5, 5.41) is 96.3. The van der Waals surface area contributed by atoms with Crippen LogP contribution in [0.2, 0.25) is 0 Å². The number of carbonyl (C=O) groups is 1. The summed E-state index contributed by atoms with van der Waals surface area (Å²) in [4.78, 5) is 14.6. The van der Waals surface area contributed by atoms with E-state index in [2.05, 4.69) is 40.7 Å². The Hall–Kier alpha value is -1.27. The molecule has 14 heteroatoms. The summed E-state index contributed by atoms with van der Waals surface area (Å²) in [6, 6.07) is 0. The lowest BCUT2D eigenvalue weighted by Crippen LogP contribution is -2.70. The minimum atomic E-state index is -1.78. The molecule has 3 unspecified atom stereocenters. The van der Waals surface area contributed by atoms with Crippen molar-refractivity contribution in [1.82, 2.24) is 0 Å². The normalized spacial score (nSPS) is 56.2. The second-order valence-corrected chi connectivity index (χ2v) is 20.0. The lowest BCUT2D eigenvalue weighted by Gasteiger charge is -2.72. The quantitative estimate of drug-likeness (QED) is 0.107. The van der Waals surface area contributed by atoms with Gasteiger partial charge in [-0.15, -0.1) is 0 Å². The first-order valence-corrected chi connectivity index (χ1v) is 20.5. The Bertz CT molecular complexity index is 1500. The second-order valence-electron chi connectivity index (χ2n) is 20.0. The van der Waals surface area contributed by atoms with Crippen LogP contribution < -0.4 is 0 Å². The molecule has 2 saturated heterocycles. The van der Waals surface area contributed by atoms with Crippen LogP contribution >= 0.6 is 0 Å². The van der Waals surface area contributed by atoms with Crippen molar-refractivity contribution in [3.63, 3.8) is 0 Å². The molecule has 20 atom stereocenters. The summed E-state index contributed by atoms with van der Waals surface area (Å²) in [5.74, 6) is -1.61. The highest BCUT2D eigenvalue weighted by Crippen LogP contribution is 2.76. The number of aliphatic hydroxyl groups excluding tert-OH is 8. The summed E-state index contributed by atoms with van der Waals surface area (Å²) in [6.07, 6.45) is -7.13. The summed E-state index contributed by atoms with van der Waals surface area (Å²) < 4.78 is 23.6. The number of hydrogen-bond acceptors (Lipinski definition) is 14. The van der Waals surface area contributed by atoms with Crippen LogP contribution in [-0.2, 0) is 23.7 Å². The van der Waals surface area contributed by atoms with Crippen molar-refractivity contribution >= 4 is 5.97 Å². The molecule has 0 aromatic heterocycles. The third-order valence-corrected chi connectivity index (χ3v) is 17.3. The summed E-state index contributed by atoms with van der Waals surface area (Å²) in [6.45, 7) is 14.2. The van der Waals surface area contributed by atoms with Gasteiger partial charge in [0.15, 0.2) is 6.29 Å². The molecule has 9 N–H and O–H groups in total. The van der Waals surface area contributed by atoms with E-state index in [0.29, 0.717) is 19.3 Å². The molecule has 0 aromatic carbocycles. The molecular weight excluding hydrogens is 716 g/mol. The van der Waals surface area contributed by atoms with E-state index in [0.717, 1.165) is 24.8 Å². The van der Waals surface area contributed by atoms with Crippen molar-refractivity contribution in [2.75, 3.05) is 13.2 Å². The van der Waals surface area contributed by atoms with E-state index in [1.54, 1.807) is 13.8 Å². The maximum atomic E-state index is 14.6. The molecule has 2 aliphatic heterocycles. The molecule has 2 heterocycles. The van der Waals surface area contributed by atoms with Crippen LogP contribution in [0.4, 0.5) is 0 Å². The Balaban J connectivity index is 1.20. The third kappa shape index (κ3) is 5.89. The van der Waals surface area contributed by atoms with Gasteiger partial charge in [0.2, 0.25) is 6.29 Å². The maximum absolute atomic E-state index is 14.6. The Morgan fingerprint density at radius 3 is 2.16 bits per heavy atom. The summed E-state index contributed by atoms with van der Waals surface area (Å²) in [5.41, 5.74) is -3.06. The lowest BCUT2D eigenvalue weighted by atomic mass is 9.33. The standard InChI is InChI=1S/C41H66O14/c1-19-21(43)16-41(35(50)55-34-31(49)29(47)28(46)23(17-42)53-34)15-14-38(5)20(32(41)40(19,7)51)8-9-25-37(4)12-11-26(36(2,3)24(37)10-13-39(25,38)6)54-33-30(48)27(45)22(44)18-52-33/h8,19,21-34,42-49,51H,9-18H2,1-7H3/t19-,21-,22+,23-,24?,25?,26+,27+,28-,29+,30-,31-,32?,33+,34+,37+,38-,39-,40-,41-/m1/s1. The van der Waals surface area contributed by atoms with Crippen molar-refractivity contribution in [3.8, 4) is 0 Å². The van der Waals surface area contributed by atoms with Gasteiger partial charge < -0.3 is 64.9 Å². The second kappa shape index (κ2) is 13.9. The van der Waals surface area contributed by atoms with E-state index < -0.39 is 102 Å². The number of allylic oxidation sites excluding steroid dienone is 1. The number of ether oxygens (including phenoxy) is 4. The van der Waals surface area contributed by atoms with Crippen molar-refractivity contribution < 1.29 is 69.7 Å².